The number of ether oxygens (including phenoxy) is 2. The molecular formula is C20H21F2NO4. The van der Waals surface area contributed by atoms with Crippen LogP contribution in [0.25, 0.3) is 0 Å². The molecule has 0 heterocycles. The normalized spacial score (nSPS) is 11.9. The Hall–Kier alpha value is -2.80. The van der Waals surface area contributed by atoms with E-state index in [4.69, 9.17) is 9.47 Å². The highest BCUT2D eigenvalue weighted by atomic mass is 19.1. The molecule has 144 valence electrons. The van der Waals surface area contributed by atoms with Crippen LogP contribution < -0.4 is 5.32 Å². The standard InChI is InChI=1S/C20H21F2NO4/c1-12(2)26-11-14-4-6-15(7-5-14)20(25)27-13(3)19(24)23-18-9-8-16(21)10-17(18)22/h4-10,12-13H,11H2,1-3H3,(H,23,24)/t13-/m1/s1. The van der Waals surface area contributed by atoms with Gasteiger partial charge in [0.1, 0.15) is 11.6 Å². The van der Waals surface area contributed by atoms with Gasteiger partial charge < -0.3 is 14.8 Å². The van der Waals surface area contributed by atoms with E-state index in [9.17, 15) is 18.4 Å². The first kappa shape index (κ1) is 20.5. The number of amides is 1. The van der Waals surface area contributed by atoms with E-state index in [-0.39, 0.29) is 17.4 Å². The maximum Gasteiger partial charge on any atom is 0.338 e. The molecule has 1 amide bonds. The summed E-state index contributed by atoms with van der Waals surface area (Å²) in [4.78, 5) is 24.2. The lowest BCUT2D eigenvalue weighted by Gasteiger charge is -2.14. The van der Waals surface area contributed by atoms with E-state index in [1.807, 2.05) is 13.8 Å². The zero-order valence-corrected chi connectivity index (χ0v) is 15.3. The number of nitrogens with one attached hydrogen (secondary N) is 1. The van der Waals surface area contributed by atoms with Crippen LogP contribution in [0.1, 0.15) is 36.7 Å². The molecule has 0 aliphatic carbocycles. The van der Waals surface area contributed by atoms with Gasteiger partial charge in [0.2, 0.25) is 0 Å². The molecule has 1 atom stereocenters. The predicted octanol–water partition coefficient (Wildman–Crippen LogP) is 4.07. The van der Waals surface area contributed by atoms with E-state index >= 15 is 0 Å². The van der Waals surface area contributed by atoms with Crippen LogP contribution in [0.4, 0.5) is 14.5 Å². The Kier molecular flexibility index (Phi) is 7.01. The van der Waals surface area contributed by atoms with Gasteiger partial charge in [0.15, 0.2) is 6.10 Å². The van der Waals surface area contributed by atoms with Gasteiger partial charge in [-0.25, -0.2) is 13.6 Å². The van der Waals surface area contributed by atoms with E-state index in [2.05, 4.69) is 5.32 Å². The van der Waals surface area contributed by atoms with Crippen molar-refractivity contribution in [3.05, 3.63) is 65.2 Å². The van der Waals surface area contributed by atoms with Crippen molar-refractivity contribution in [3.8, 4) is 0 Å². The molecule has 1 N–H and O–H groups in total. The monoisotopic (exact) mass is 377 g/mol. The van der Waals surface area contributed by atoms with Crippen LogP contribution in [-0.2, 0) is 20.9 Å². The van der Waals surface area contributed by atoms with Crippen LogP contribution in [0.5, 0.6) is 0 Å². The fourth-order valence-corrected chi connectivity index (χ4v) is 2.11. The summed E-state index contributed by atoms with van der Waals surface area (Å²) in [6, 6.07) is 9.37. The third kappa shape index (κ3) is 6.14. The van der Waals surface area contributed by atoms with Crippen molar-refractivity contribution in [2.45, 2.75) is 39.6 Å². The van der Waals surface area contributed by atoms with Crippen molar-refractivity contribution >= 4 is 17.6 Å². The first-order valence-corrected chi connectivity index (χ1v) is 8.43. The zero-order valence-electron chi connectivity index (χ0n) is 15.3. The number of anilines is 1. The van der Waals surface area contributed by atoms with Gasteiger partial charge in [-0.2, -0.15) is 0 Å². The Bertz CT molecular complexity index is 806. The molecule has 0 aromatic heterocycles. The summed E-state index contributed by atoms with van der Waals surface area (Å²) in [6.45, 7) is 5.64. The highest BCUT2D eigenvalue weighted by molar-refractivity contribution is 5.97. The third-order valence-electron chi connectivity index (χ3n) is 3.62. The molecule has 2 rings (SSSR count). The number of rotatable bonds is 7. The largest absolute Gasteiger partial charge is 0.449 e. The summed E-state index contributed by atoms with van der Waals surface area (Å²) in [6.07, 6.45) is -1.06. The molecule has 5 nitrogen and oxygen atoms in total. The van der Waals surface area contributed by atoms with Crippen molar-refractivity contribution in [3.63, 3.8) is 0 Å². The van der Waals surface area contributed by atoms with Gasteiger partial charge in [0.25, 0.3) is 5.91 Å². The molecule has 2 aromatic carbocycles. The zero-order chi connectivity index (χ0) is 20.0. The Morgan fingerprint density at radius 1 is 1.04 bits per heavy atom. The summed E-state index contributed by atoms with van der Waals surface area (Å²) < 4.78 is 37.0. The number of carbonyl (C=O) groups excluding carboxylic acids is 2. The van der Waals surface area contributed by atoms with E-state index < -0.39 is 29.6 Å². The highest BCUT2D eigenvalue weighted by Crippen LogP contribution is 2.16. The number of hydrogen-bond donors (Lipinski definition) is 1. The molecule has 0 aliphatic rings. The minimum atomic E-state index is -1.16. The summed E-state index contributed by atoms with van der Waals surface area (Å²) >= 11 is 0. The highest BCUT2D eigenvalue weighted by Gasteiger charge is 2.20. The topological polar surface area (TPSA) is 64.6 Å². The van der Waals surface area contributed by atoms with Crippen LogP contribution in [0.3, 0.4) is 0 Å². The van der Waals surface area contributed by atoms with Crippen molar-refractivity contribution in [1.82, 2.24) is 0 Å². The molecule has 0 saturated carbocycles. The molecule has 0 radical (unpaired) electrons. The average molecular weight is 377 g/mol. The maximum absolute atomic E-state index is 13.6. The Labute approximate surface area is 156 Å². The molecule has 0 aliphatic heterocycles. The van der Waals surface area contributed by atoms with Crippen LogP contribution in [0.15, 0.2) is 42.5 Å². The fraction of sp³-hybridized carbons (Fsp3) is 0.300. The number of benzene rings is 2. The quantitative estimate of drug-likeness (QED) is 0.739. The first-order chi connectivity index (χ1) is 12.8. The van der Waals surface area contributed by atoms with Gasteiger partial charge in [-0.05, 0) is 50.6 Å². The second-order valence-electron chi connectivity index (χ2n) is 6.22. The number of esters is 1. The summed E-state index contributed by atoms with van der Waals surface area (Å²) in [5, 5.41) is 2.26. The van der Waals surface area contributed by atoms with Gasteiger partial charge in [-0.3, -0.25) is 4.79 Å². The lowest BCUT2D eigenvalue weighted by molar-refractivity contribution is -0.123. The van der Waals surface area contributed by atoms with Gasteiger partial charge in [-0.1, -0.05) is 12.1 Å². The molecular weight excluding hydrogens is 356 g/mol. The Morgan fingerprint density at radius 2 is 1.70 bits per heavy atom. The van der Waals surface area contributed by atoms with E-state index in [0.717, 1.165) is 17.7 Å². The molecule has 0 fully saturated rings. The van der Waals surface area contributed by atoms with Crippen molar-refractivity contribution < 1.29 is 27.8 Å². The molecule has 0 bridgehead atoms. The van der Waals surface area contributed by atoms with Gasteiger partial charge in [0, 0.05) is 6.07 Å². The second-order valence-corrected chi connectivity index (χ2v) is 6.22. The number of hydrogen-bond acceptors (Lipinski definition) is 4. The van der Waals surface area contributed by atoms with Crippen molar-refractivity contribution in [1.29, 1.82) is 0 Å². The summed E-state index contributed by atoms with van der Waals surface area (Å²) in [5.74, 6) is -3.09. The second kappa shape index (κ2) is 9.23. The van der Waals surface area contributed by atoms with E-state index in [0.29, 0.717) is 12.7 Å². The number of carbonyl (C=O) groups is 2. The number of halogens is 2. The average Bonchev–Trinajstić information content (AvgIpc) is 2.62. The molecule has 0 spiro atoms. The predicted molar refractivity (Wildman–Crippen MR) is 96.2 cm³/mol. The van der Waals surface area contributed by atoms with Gasteiger partial charge >= 0.3 is 5.97 Å². The first-order valence-electron chi connectivity index (χ1n) is 8.43. The molecule has 2 aromatic rings. The molecule has 0 unspecified atom stereocenters. The van der Waals surface area contributed by atoms with Crippen molar-refractivity contribution in [2.24, 2.45) is 0 Å². The Balaban J connectivity index is 1.93. The van der Waals surface area contributed by atoms with Crippen LogP contribution in [0, 0.1) is 11.6 Å². The molecule has 27 heavy (non-hydrogen) atoms. The smallest absolute Gasteiger partial charge is 0.338 e. The fourth-order valence-electron chi connectivity index (χ4n) is 2.11. The van der Waals surface area contributed by atoms with Crippen LogP contribution in [0.2, 0.25) is 0 Å². The SMILES string of the molecule is CC(C)OCc1ccc(C(=O)O[C@H](C)C(=O)Nc2ccc(F)cc2F)cc1. The van der Waals surface area contributed by atoms with Crippen LogP contribution in [-0.4, -0.2) is 24.1 Å². The van der Waals surface area contributed by atoms with E-state index in [1.165, 1.54) is 6.92 Å². The van der Waals surface area contributed by atoms with Crippen molar-refractivity contribution in [2.75, 3.05) is 5.32 Å². The van der Waals surface area contributed by atoms with E-state index in [1.54, 1.807) is 24.3 Å². The van der Waals surface area contributed by atoms with Gasteiger partial charge in [-0.15, -0.1) is 0 Å². The Morgan fingerprint density at radius 3 is 2.30 bits per heavy atom. The molecule has 7 heteroatoms. The maximum atomic E-state index is 13.6. The summed E-state index contributed by atoms with van der Waals surface area (Å²) in [7, 11) is 0. The molecule has 0 saturated heterocycles. The lowest BCUT2D eigenvalue weighted by atomic mass is 10.1. The third-order valence-corrected chi connectivity index (χ3v) is 3.62. The summed E-state index contributed by atoms with van der Waals surface area (Å²) in [5.41, 5.74) is 0.979. The lowest BCUT2D eigenvalue weighted by Crippen LogP contribution is -2.30. The van der Waals surface area contributed by atoms with Gasteiger partial charge in [0.05, 0.1) is 24.0 Å². The minimum absolute atomic E-state index is 0.0972. The minimum Gasteiger partial charge on any atom is -0.449 e. The van der Waals surface area contributed by atoms with Crippen LogP contribution >= 0.6 is 0 Å².